The van der Waals surface area contributed by atoms with Crippen molar-refractivity contribution in [2.75, 3.05) is 12.3 Å². The fraction of sp³-hybridized carbons (Fsp3) is 0.222. The van der Waals surface area contributed by atoms with E-state index in [2.05, 4.69) is 5.16 Å². The van der Waals surface area contributed by atoms with Crippen LogP contribution < -0.4 is 10.5 Å². The highest BCUT2D eigenvalue weighted by atomic mass is 16.5. The van der Waals surface area contributed by atoms with Gasteiger partial charge in [0.2, 0.25) is 5.88 Å². The zero-order chi connectivity index (χ0) is 9.26. The van der Waals surface area contributed by atoms with Crippen LogP contribution in [0.15, 0.2) is 22.7 Å². The maximum absolute atomic E-state index is 5.56. The van der Waals surface area contributed by atoms with Crippen molar-refractivity contribution in [2.45, 2.75) is 6.92 Å². The zero-order valence-corrected chi connectivity index (χ0v) is 7.28. The summed E-state index contributed by atoms with van der Waals surface area (Å²) in [7, 11) is 0. The minimum Gasteiger partial charge on any atom is -0.491 e. The van der Waals surface area contributed by atoms with Gasteiger partial charge in [-0.3, -0.25) is 0 Å². The second-order valence-electron chi connectivity index (χ2n) is 2.63. The third kappa shape index (κ3) is 1.20. The first-order valence-electron chi connectivity index (χ1n) is 4.09. The number of nitrogen functional groups attached to an aromatic ring is 1. The molecule has 0 aliphatic heterocycles. The van der Waals surface area contributed by atoms with Crippen molar-refractivity contribution < 1.29 is 9.26 Å². The maximum atomic E-state index is 5.56. The first-order valence-corrected chi connectivity index (χ1v) is 4.09. The van der Waals surface area contributed by atoms with Gasteiger partial charge in [-0.05, 0) is 19.1 Å². The van der Waals surface area contributed by atoms with Crippen molar-refractivity contribution in [3.8, 4) is 5.75 Å². The standard InChI is InChI=1S/C9H10N2O2/c1-2-12-7-5-3-4-6-8(7)11-13-9(6)10/h3-5H,2,10H2,1H3. The molecule has 0 unspecified atom stereocenters. The van der Waals surface area contributed by atoms with Crippen LogP contribution in [-0.2, 0) is 0 Å². The molecule has 68 valence electrons. The summed E-state index contributed by atoms with van der Waals surface area (Å²) in [4.78, 5) is 0. The Hall–Kier alpha value is -1.71. The number of hydrogen-bond acceptors (Lipinski definition) is 4. The highest BCUT2D eigenvalue weighted by Crippen LogP contribution is 2.28. The number of nitrogens with two attached hydrogens (primary N) is 1. The summed E-state index contributed by atoms with van der Waals surface area (Å²) >= 11 is 0. The fourth-order valence-corrected chi connectivity index (χ4v) is 1.23. The van der Waals surface area contributed by atoms with Gasteiger partial charge in [0.15, 0.2) is 5.52 Å². The molecule has 0 fully saturated rings. The summed E-state index contributed by atoms with van der Waals surface area (Å²) in [5, 5.41) is 4.61. The Morgan fingerprint density at radius 1 is 1.54 bits per heavy atom. The summed E-state index contributed by atoms with van der Waals surface area (Å²) in [6, 6.07) is 5.55. The highest BCUT2D eigenvalue weighted by molar-refractivity contribution is 5.91. The molecule has 0 radical (unpaired) electrons. The van der Waals surface area contributed by atoms with Crippen LogP contribution in [0, 0.1) is 0 Å². The molecule has 2 N–H and O–H groups in total. The van der Waals surface area contributed by atoms with E-state index in [9.17, 15) is 0 Å². The molecule has 2 rings (SSSR count). The lowest BCUT2D eigenvalue weighted by Crippen LogP contribution is -1.91. The van der Waals surface area contributed by atoms with Crippen LogP contribution in [0.4, 0.5) is 5.88 Å². The number of ether oxygens (including phenoxy) is 1. The molecule has 1 aromatic heterocycles. The van der Waals surface area contributed by atoms with E-state index in [0.717, 1.165) is 5.39 Å². The topological polar surface area (TPSA) is 61.3 Å². The Kier molecular flexibility index (Phi) is 1.81. The molecule has 4 nitrogen and oxygen atoms in total. The minimum absolute atomic E-state index is 0.330. The summed E-state index contributed by atoms with van der Waals surface area (Å²) < 4.78 is 10.2. The van der Waals surface area contributed by atoms with E-state index in [0.29, 0.717) is 23.8 Å². The summed E-state index contributed by atoms with van der Waals surface area (Å²) in [6.45, 7) is 2.52. The van der Waals surface area contributed by atoms with E-state index in [1.165, 1.54) is 0 Å². The predicted molar refractivity (Wildman–Crippen MR) is 49.6 cm³/mol. The molecule has 0 saturated heterocycles. The van der Waals surface area contributed by atoms with Crippen LogP contribution in [-0.4, -0.2) is 11.8 Å². The van der Waals surface area contributed by atoms with Crippen LogP contribution in [0.5, 0.6) is 5.75 Å². The van der Waals surface area contributed by atoms with E-state index in [4.69, 9.17) is 15.0 Å². The van der Waals surface area contributed by atoms with Gasteiger partial charge in [0.1, 0.15) is 5.75 Å². The average molecular weight is 178 g/mol. The maximum Gasteiger partial charge on any atom is 0.230 e. The van der Waals surface area contributed by atoms with Gasteiger partial charge in [-0.2, -0.15) is 0 Å². The molecule has 0 atom stereocenters. The molecule has 13 heavy (non-hydrogen) atoms. The summed E-state index contributed by atoms with van der Waals surface area (Å²) in [6.07, 6.45) is 0. The highest BCUT2D eigenvalue weighted by Gasteiger charge is 2.08. The number of benzene rings is 1. The lowest BCUT2D eigenvalue weighted by molar-refractivity contribution is 0.341. The van der Waals surface area contributed by atoms with Crippen LogP contribution in [0.3, 0.4) is 0 Å². The van der Waals surface area contributed by atoms with Crippen molar-refractivity contribution in [2.24, 2.45) is 0 Å². The van der Waals surface area contributed by atoms with Gasteiger partial charge in [-0.15, -0.1) is 0 Å². The average Bonchev–Trinajstić information content (AvgIpc) is 2.50. The summed E-state index contributed by atoms with van der Waals surface area (Å²) in [5.74, 6) is 1.04. The Bertz CT molecular complexity index is 422. The number of fused-ring (bicyclic) bond motifs is 1. The summed E-state index contributed by atoms with van der Waals surface area (Å²) in [5.41, 5.74) is 6.24. The van der Waals surface area contributed by atoms with E-state index in [-0.39, 0.29) is 0 Å². The molecule has 0 spiro atoms. The van der Waals surface area contributed by atoms with Gasteiger partial charge < -0.3 is 15.0 Å². The Labute approximate surface area is 75.3 Å². The smallest absolute Gasteiger partial charge is 0.230 e. The van der Waals surface area contributed by atoms with Crippen molar-refractivity contribution in [3.63, 3.8) is 0 Å². The van der Waals surface area contributed by atoms with Gasteiger partial charge in [-0.25, -0.2) is 0 Å². The van der Waals surface area contributed by atoms with Gasteiger partial charge >= 0.3 is 0 Å². The van der Waals surface area contributed by atoms with Crippen molar-refractivity contribution >= 4 is 16.8 Å². The molecule has 0 saturated carbocycles. The number of rotatable bonds is 2. The molecular formula is C9H10N2O2. The van der Waals surface area contributed by atoms with Crippen LogP contribution >= 0.6 is 0 Å². The second-order valence-corrected chi connectivity index (χ2v) is 2.63. The van der Waals surface area contributed by atoms with Crippen molar-refractivity contribution in [3.05, 3.63) is 18.2 Å². The molecule has 0 aliphatic carbocycles. The van der Waals surface area contributed by atoms with Crippen LogP contribution in [0.2, 0.25) is 0 Å². The Morgan fingerprint density at radius 3 is 3.15 bits per heavy atom. The number of nitrogens with zero attached hydrogens (tertiary/aromatic N) is 1. The van der Waals surface area contributed by atoms with Crippen molar-refractivity contribution in [1.29, 1.82) is 0 Å². The van der Waals surface area contributed by atoms with Crippen LogP contribution in [0.25, 0.3) is 10.9 Å². The first-order chi connectivity index (χ1) is 6.33. The van der Waals surface area contributed by atoms with E-state index in [1.54, 1.807) is 0 Å². The first kappa shape index (κ1) is 7.91. The third-order valence-corrected chi connectivity index (χ3v) is 1.80. The van der Waals surface area contributed by atoms with Gasteiger partial charge in [0.05, 0.1) is 12.0 Å². The SMILES string of the molecule is CCOc1cccc2c(N)onc12. The second kappa shape index (κ2) is 2.97. The third-order valence-electron chi connectivity index (χ3n) is 1.80. The molecule has 4 heteroatoms. The van der Waals surface area contributed by atoms with E-state index >= 15 is 0 Å². The van der Waals surface area contributed by atoms with Gasteiger partial charge in [0.25, 0.3) is 0 Å². The molecule has 0 amide bonds. The van der Waals surface area contributed by atoms with Crippen molar-refractivity contribution in [1.82, 2.24) is 5.16 Å². The fourth-order valence-electron chi connectivity index (χ4n) is 1.23. The Morgan fingerprint density at radius 2 is 2.38 bits per heavy atom. The van der Waals surface area contributed by atoms with E-state index in [1.807, 2.05) is 25.1 Å². The normalized spacial score (nSPS) is 10.5. The number of aromatic nitrogens is 1. The quantitative estimate of drug-likeness (QED) is 0.761. The molecule has 0 aliphatic rings. The number of hydrogen-bond donors (Lipinski definition) is 1. The van der Waals surface area contributed by atoms with Gasteiger partial charge in [0, 0.05) is 0 Å². The minimum atomic E-state index is 0.330. The van der Waals surface area contributed by atoms with Gasteiger partial charge in [-0.1, -0.05) is 11.2 Å². The molecular weight excluding hydrogens is 168 g/mol. The van der Waals surface area contributed by atoms with E-state index < -0.39 is 0 Å². The number of anilines is 1. The zero-order valence-electron chi connectivity index (χ0n) is 7.28. The molecule has 1 aromatic carbocycles. The molecule has 0 bridgehead atoms. The molecule has 1 heterocycles. The largest absolute Gasteiger partial charge is 0.491 e. The lowest BCUT2D eigenvalue weighted by Gasteiger charge is -2.01. The Balaban J connectivity index is 2.63. The van der Waals surface area contributed by atoms with Crippen LogP contribution in [0.1, 0.15) is 6.92 Å². The lowest BCUT2D eigenvalue weighted by atomic mass is 10.2. The predicted octanol–water partition coefficient (Wildman–Crippen LogP) is 1.81. The molecule has 2 aromatic rings. The monoisotopic (exact) mass is 178 g/mol.